The normalized spacial score (nSPS) is 19.0. The lowest BCUT2D eigenvalue weighted by atomic mass is 10.0. The molecule has 1 aromatic carbocycles. The topological polar surface area (TPSA) is 173 Å². The summed E-state index contributed by atoms with van der Waals surface area (Å²) in [5.41, 5.74) is 7.64. The molecular formula is C25H24FN7O7. The number of aromatic nitrogens is 4. The third-order valence-electron chi connectivity index (χ3n) is 6.18. The fourth-order valence-electron chi connectivity index (χ4n) is 4.13. The number of carbonyl (C=O) groups excluding carboxylic acids is 3. The summed E-state index contributed by atoms with van der Waals surface area (Å²) in [6.07, 6.45) is 2.40. The van der Waals surface area contributed by atoms with Crippen molar-refractivity contribution in [1.82, 2.24) is 20.0 Å². The van der Waals surface area contributed by atoms with E-state index in [1.165, 1.54) is 30.5 Å². The molecule has 0 saturated carbocycles. The number of anilines is 1. The molecule has 0 spiro atoms. The van der Waals surface area contributed by atoms with Gasteiger partial charge in [-0.1, -0.05) is 16.4 Å². The van der Waals surface area contributed by atoms with Gasteiger partial charge in [-0.25, -0.2) is 13.9 Å². The Hall–Kier alpha value is -4.92. The SMILES string of the molecule is COC(=O)C[C@H](N)C(=O)O[C@@H]1CC(c2ccc(-c3ccc(N4C[C@H](Cn5ccnn5)OC4=O)cc3F)cn2)=NO1. The highest BCUT2D eigenvalue weighted by Gasteiger charge is 2.33. The van der Waals surface area contributed by atoms with Crippen molar-refractivity contribution in [1.29, 1.82) is 0 Å². The highest BCUT2D eigenvalue weighted by Crippen LogP contribution is 2.29. The number of esters is 2. The van der Waals surface area contributed by atoms with Gasteiger partial charge in [0.05, 0.1) is 50.6 Å². The van der Waals surface area contributed by atoms with Crippen LogP contribution in [0.3, 0.4) is 0 Å². The Morgan fingerprint density at radius 2 is 2.12 bits per heavy atom. The van der Waals surface area contributed by atoms with Crippen molar-refractivity contribution in [3.63, 3.8) is 0 Å². The standard InChI is InChI=1S/C25H24FN7O7/c1-37-22(34)9-19(27)24(35)39-23-10-21(30-40-23)20-5-2-14(11-28-20)17-4-3-15(8-18(17)26)33-13-16(38-25(33)36)12-32-7-6-29-31-32/h2-8,11,16,19,23H,9-10,12-13,27H2,1H3/t16-,19-,23-/m0/s1. The van der Waals surface area contributed by atoms with E-state index in [0.29, 0.717) is 29.2 Å². The fraction of sp³-hybridized carbons (Fsp3) is 0.320. The number of halogens is 1. The van der Waals surface area contributed by atoms with Crippen LogP contribution in [0, 0.1) is 5.82 Å². The van der Waals surface area contributed by atoms with Gasteiger partial charge in [0.25, 0.3) is 6.29 Å². The van der Waals surface area contributed by atoms with E-state index < -0.39 is 42.3 Å². The number of carbonyl (C=O) groups is 3. The number of oxime groups is 1. The van der Waals surface area contributed by atoms with E-state index in [9.17, 15) is 14.4 Å². The van der Waals surface area contributed by atoms with Gasteiger partial charge in [-0.05, 0) is 24.3 Å². The van der Waals surface area contributed by atoms with Crippen molar-refractivity contribution in [3.8, 4) is 11.1 Å². The summed E-state index contributed by atoms with van der Waals surface area (Å²) in [6, 6.07) is 6.54. The van der Waals surface area contributed by atoms with Gasteiger partial charge in [-0.3, -0.25) is 19.5 Å². The maximum absolute atomic E-state index is 15.1. The van der Waals surface area contributed by atoms with Crippen LogP contribution >= 0.6 is 0 Å². The molecule has 2 aromatic heterocycles. The maximum atomic E-state index is 15.1. The van der Waals surface area contributed by atoms with Gasteiger partial charge in [0.1, 0.15) is 23.7 Å². The van der Waals surface area contributed by atoms with Crippen LogP contribution in [0.2, 0.25) is 0 Å². The molecule has 0 unspecified atom stereocenters. The Morgan fingerprint density at radius 3 is 2.83 bits per heavy atom. The minimum absolute atomic E-state index is 0.107. The van der Waals surface area contributed by atoms with Crippen LogP contribution in [-0.4, -0.2) is 75.8 Å². The van der Waals surface area contributed by atoms with Crippen molar-refractivity contribution in [2.45, 2.75) is 37.8 Å². The molecule has 2 aliphatic heterocycles. The number of pyridine rings is 1. The smallest absolute Gasteiger partial charge is 0.414 e. The second-order valence-electron chi connectivity index (χ2n) is 8.94. The molecule has 3 aromatic rings. The zero-order valence-corrected chi connectivity index (χ0v) is 21.2. The average molecular weight is 554 g/mol. The zero-order chi connectivity index (χ0) is 28.2. The first-order chi connectivity index (χ1) is 19.3. The highest BCUT2D eigenvalue weighted by molar-refractivity contribution is 6.00. The van der Waals surface area contributed by atoms with E-state index in [1.54, 1.807) is 35.1 Å². The van der Waals surface area contributed by atoms with Crippen molar-refractivity contribution in [3.05, 3.63) is 60.4 Å². The van der Waals surface area contributed by atoms with E-state index in [0.717, 1.165) is 0 Å². The first-order valence-corrected chi connectivity index (χ1v) is 12.1. The first kappa shape index (κ1) is 26.7. The number of nitrogens with two attached hydrogens (primary N) is 1. The molecule has 208 valence electrons. The lowest BCUT2D eigenvalue weighted by Crippen LogP contribution is -2.37. The third kappa shape index (κ3) is 5.88. The number of nitrogens with zero attached hydrogens (tertiary/aromatic N) is 6. The molecule has 40 heavy (non-hydrogen) atoms. The number of ether oxygens (including phenoxy) is 3. The molecule has 14 nitrogen and oxygen atoms in total. The molecule has 2 N–H and O–H groups in total. The first-order valence-electron chi connectivity index (χ1n) is 12.1. The summed E-state index contributed by atoms with van der Waals surface area (Å²) in [4.78, 5) is 46.5. The molecule has 1 amide bonds. The molecule has 2 aliphatic rings. The van der Waals surface area contributed by atoms with Crippen LogP contribution in [0.25, 0.3) is 11.1 Å². The average Bonchev–Trinajstić information content (AvgIpc) is 3.71. The molecule has 4 heterocycles. The van der Waals surface area contributed by atoms with Crippen molar-refractivity contribution < 1.29 is 37.8 Å². The number of hydrogen-bond donors (Lipinski definition) is 1. The van der Waals surface area contributed by atoms with Gasteiger partial charge in [0, 0.05) is 23.5 Å². The Morgan fingerprint density at radius 1 is 1.27 bits per heavy atom. The fourth-order valence-corrected chi connectivity index (χ4v) is 4.13. The van der Waals surface area contributed by atoms with Crippen LogP contribution in [0.15, 0.2) is 54.1 Å². The predicted molar refractivity (Wildman–Crippen MR) is 134 cm³/mol. The molecule has 5 rings (SSSR count). The summed E-state index contributed by atoms with van der Waals surface area (Å²) in [7, 11) is 1.19. The molecule has 0 radical (unpaired) electrons. The second-order valence-corrected chi connectivity index (χ2v) is 8.94. The number of benzene rings is 1. The van der Waals surface area contributed by atoms with Crippen molar-refractivity contribution >= 4 is 29.4 Å². The molecular weight excluding hydrogens is 529 g/mol. The van der Waals surface area contributed by atoms with Crippen molar-refractivity contribution in [2.75, 3.05) is 18.6 Å². The number of cyclic esters (lactones) is 1. The van der Waals surface area contributed by atoms with E-state index in [4.69, 9.17) is 20.0 Å². The van der Waals surface area contributed by atoms with Crippen LogP contribution in [0.5, 0.6) is 0 Å². The summed E-state index contributed by atoms with van der Waals surface area (Å²) in [6.45, 7) is 0.578. The number of methoxy groups -OCH3 is 1. The molecule has 0 bridgehead atoms. The summed E-state index contributed by atoms with van der Waals surface area (Å²) in [5.74, 6) is -2.02. The number of hydrogen-bond acceptors (Lipinski definition) is 12. The molecule has 0 aliphatic carbocycles. The molecule has 1 saturated heterocycles. The van der Waals surface area contributed by atoms with Crippen LogP contribution in [0.4, 0.5) is 14.9 Å². The van der Waals surface area contributed by atoms with Crippen molar-refractivity contribution in [2.24, 2.45) is 10.9 Å². The summed E-state index contributed by atoms with van der Waals surface area (Å²) in [5, 5.41) is 11.5. The molecule has 15 heteroatoms. The van der Waals surface area contributed by atoms with Crippen LogP contribution < -0.4 is 10.6 Å². The highest BCUT2D eigenvalue weighted by atomic mass is 19.1. The summed E-state index contributed by atoms with van der Waals surface area (Å²) < 4.78 is 31.6. The van der Waals surface area contributed by atoms with Crippen LogP contribution in [-0.2, 0) is 35.2 Å². The van der Waals surface area contributed by atoms with Crippen LogP contribution in [0.1, 0.15) is 18.5 Å². The largest absolute Gasteiger partial charge is 0.469 e. The minimum Gasteiger partial charge on any atom is -0.469 e. The van der Waals surface area contributed by atoms with Gasteiger partial charge in [0.15, 0.2) is 0 Å². The lowest BCUT2D eigenvalue weighted by molar-refractivity contribution is -0.176. The Bertz CT molecular complexity index is 1430. The van der Waals surface area contributed by atoms with E-state index in [1.807, 2.05) is 0 Å². The van der Waals surface area contributed by atoms with E-state index in [2.05, 4.69) is 25.2 Å². The van der Waals surface area contributed by atoms with Gasteiger partial charge in [0.2, 0.25) is 0 Å². The number of rotatable bonds is 9. The summed E-state index contributed by atoms with van der Waals surface area (Å²) >= 11 is 0. The van der Waals surface area contributed by atoms with E-state index >= 15 is 4.39 Å². The monoisotopic (exact) mass is 553 g/mol. The lowest BCUT2D eigenvalue weighted by Gasteiger charge is -2.14. The quantitative estimate of drug-likeness (QED) is 0.300. The zero-order valence-electron chi connectivity index (χ0n) is 21.2. The molecule has 3 atom stereocenters. The van der Waals surface area contributed by atoms with Gasteiger partial charge >= 0.3 is 18.0 Å². The second kappa shape index (κ2) is 11.4. The van der Waals surface area contributed by atoms with E-state index in [-0.39, 0.29) is 24.9 Å². The Kier molecular flexibility index (Phi) is 7.63. The Labute approximate surface area is 226 Å². The maximum Gasteiger partial charge on any atom is 0.414 e. The third-order valence-corrected chi connectivity index (χ3v) is 6.18. The van der Waals surface area contributed by atoms with Gasteiger partial charge in [-0.2, -0.15) is 0 Å². The minimum atomic E-state index is -1.20. The molecule has 1 fully saturated rings. The number of amides is 1. The Balaban J connectivity index is 1.19. The predicted octanol–water partition coefficient (Wildman–Crippen LogP) is 1.39. The van der Waals surface area contributed by atoms with Gasteiger partial charge < -0.3 is 24.8 Å². The van der Waals surface area contributed by atoms with Gasteiger partial charge in [-0.15, -0.1) is 5.10 Å².